The Morgan fingerprint density at radius 1 is 1.32 bits per heavy atom. The second kappa shape index (κ2) is 5.40. The van der Waals surface area contributed by atoms with Gasteiger partial charge in [-0.2, -0.15) is 0 Å². The number of nitrogens with one attached hydrogen (secondary N) is 1. The van der Waals surface area contributed by atoms with E-state index in [0.717, 1.165) is 16.1 Å². The summed E-state index contributed by atoms with van der Waals surface area (Å²) in [6.45, 7) is 1.87. The predicted octanol–water partition coefficient (Wildman–Crippen LogP) is 3.73. The van der Waals surface area contributed by atoms with Gasteiger partial charge in [-0.05, 0) is 42.8 Å². The molecule has 0 bridgehead atoms. The van der Waals surface area contributed by atoms with Gasteiger partial charge in [0.1, 0.15) is 5.82 Å². The van der Waals surface area contributed by atoms with Crippen molar-refractivity contribution in [2.75, 3.05) is 11.1 Å². The summed E-state index contributed by atoms with van der Waals surface area (Å²) in [5.74, 6) is -0.927. The van der Waals surface area contributed by atoms with E-state index in [1.165, 1.54) is 12.1 Å². The maximum Gasteiger partial charge on any atom is 0.257 e. The third kappa shape index (κ3) is 2.93. The van der Waals surface area contributed by atoms with E-state index in [-0.39, 0.29) is 11.3 Å². The first kappa shape index (κ1) is 13.5. The van der Waals surface area contributed by atoms with Gasteiger partial charge in [-0.3, -0.25) is 4.79 Å². The lowest BCUT2D eigenvalue weighted by Gasteiger charge is -2.11. The van der Waals surface area contributed by atoms with Crippen LogP contribution >= 0.6 is 15.9 Å². The Balaban J connectivity index is 2.31. The second-order valence-electron chi connectivity index (χ2n) is 4.10. The first-order valence-corrected chi connectivity index (χ1v) is 6.40. The van der Waals surface area contributed by atoms with Crippen LogP contribution in [0.15, 0.2) is 40.9 Å². The quantitative estimate of drug-likeness (QED) is 0.828. The van der Waals surface area contributed by atoms with E-state index in [0.29, 0.717) is 5.69 Å². The Morgan fingerprint density at radius 2 is 2.05 bits per heavy atom. The van der Waals surface area contributed by atoms with Gasteiger partial charge in [0.05, 0.1) is 5.56 Å². The zero-order valence-electron chi connectivity index (χ0n) is 10.2. The molecule has 2 aromatic rings. The lowest BCUT2D eigenvalue weighted by molar-refractivity contribution is 0.102. The lowest BCUT2D eigenvalue weighted by atomic mass is 10.1. The van der Waals surface area contributed by atoms with Crippen LogP contribution in [-0.2, 0) is 0 Å². The Bertz CT molecular complexity index is 643. The molecule has 0 aliphatic rings. The van der Waals surface area contributed by atoms with E-state index in [2.05, 4.69) is 21.2 Å². The van der Waals surface area contributed by atoms with Crippen molar-refractivity contribution in [2.24, 2.45) is 0 Å². The predicted molar refractivity (Wildman–Crippen MR) is 77.6 cm³/mol. The number of amides is 1. The number of anilines is 2. The molecule has 0 atom stereocenters. The van der Waals surface area contributed by atoms with Crippen LogP contribution in [0.25, 0.3) is 0 Å². The SMILES string of the molecule is Cc1c(Br)cccc1NC(=O)c1cc(F)ccc1N. The zero-order chi connectivity index (χ0) is 14.0. The number of nitrogens with two attached hydrogens (primary N) is 1. The molecule has 0 aliphatic heterocycles. The van der Waals surface area contributed by atoms with Crippen LogP contribution in [0, 0.1) is 12.7 Å². The number of carbonyl (C=O) groups is 1. The fourth-order valence-corrected chi connectivity index (χ4v) is 2.02. The molecule has 19 heavy (non-hydrogen) atoms. The number of carbonyl (C=O) groups excluding carboxylic acids is 1. The highest BCUT2D eigenvalue weighted by molar-refractivity contribution is 9.10. The maximum absolute atomic E-state index is 13.1. The van der Waals surface area contributed by atoms with Crippen LogP contribution in [0.2, 0.25) is 0 Å². The van der Waals surface area contributed by atoms with Gasteiger partial charge in [0.2, 0.25) is 0 Å². The van der Waals surface area contributed by atoms with Crippen molar-refractivity contribution in [1.82, 2.24) is 0 Å². The minimum absolute atomic E-state index is 0.124. The van der Waals surface area contributed by atoms with Gasteiger partial charge in [0.15, 0.2) is 0 Å². The van der Waals surface area contributed by atoms with E-state index in [9.17, 15) is 9.18 Å². The molecule has 0 aliphatic carbocycles. The number of halogens is 2. The van der Waals surface area contributed by atoms with Crippen molar-refractivity contribution in [3.63, 3.8) is 0 Å². The Labute approximate surface area is 118 Å². The molecule has 0 saturated carbocycles. The van der Waals surface area contributed by atoms with Gasteiger partial charge in [-0.25, -0.2) is 4.39 Å². The molecule has 2 aromatic carbocycles. The van der Waals surface area contributed by atoms with Crippen LogP contribution in [0.3, 0.4) is 0 Å². The van der Waals surface area contributed by atoms with Crippen LogP contribution in [0.4, 0.5) is 15.8 Å². The zero-order valence-corrected chi connectivity index (χ0v) is 11.8. The number of hydrogen-bond acceptors (Lipinski definition) is 2. The molecule has 1 amide bonds. The fraction of sp³-hybridized carbons (Fsp3) is 0.0714. The van der Waals surface area contributed by atoms with E-state index < -0.39 is 11.7 Å². The second-order valence-corrected chi connectivity index (χ2v) is 4.95. The molecule has 2 rings (SSSR count). The van der Waals surface area contributed by atoms with Crippen LogP contribution in [-0.4, -0.2) is 5.91 Å². The van der Waals surface area contributed by atoms with Gasteiger partial charge >= 0.3 is 0 Å². The number of benzene rings is 2. The first-order valence-electron chi connectivity index (χ1n) is 5.60. The summed E-state index contributed by atoms with van der Waals surface area (Å²) in [7, 11) is 0. The van der Waals surface area contributed by atoms with Gasteiger partial charge in [-0.1, -0.05) is 22.0 Å². The number of nitrogen functional groups attached to an aromatic ring is 1. The van der Waals surface area contributed by atoms with Gasteiger partial charge in [0, 0.05) is 15.8 Å². The van der Waals surface area contributed by atoms with Crippen molar-refractivity contribution in [1.29, 1.82) is 0 Å². The molecule has 0 unspecified atom stereocenters. The fourth-order valence-electron chi connectivity index (χ4n) is 1.66. The van der Waals surface area contributed by atoms with Crippen molar-refractivity contribution >= 4 is 33.2 Å². The third-order valence-corrected chi connectivity index (χ3v) is 3.63. The molecular weight excluding hydrogens is 311 g/mol. The minimum Gasteiger partial charge on any atom is -0.398 e. The van der Waals surface area contributed by atoms with Crippen molar-refractivity contribution in [2.45, 2.75) is 6.92 Å². The number of hydrogen-bond donors (Lipinski definition) is 2. The largest absolute Gasteiger partial charge is 0.398 e. The summed E-state index contributed by atoms with van der Waals surface area (Å²) in [6, 6.07) is 9.17. The monoisotopic (exact) mass is 322 g/mol. The van der Waals surface area contributed by atoms with Crippen LogP contribution in [0.1, 0.15) is 15.9 Å². The summed E-state index contributed by atoms with van der Waals surface area (Å²) in [5.41, 5.74) is 7.59. The molecule has 0 saturated heterocycles. The molecular formula is C14H12BrFN2O. The normalized spacial score (nSPS) is 10.3. The summed E-state index contributed by atoms with van der Waals surface area (Å²) in [5, 5.41) is 2.72. The molecule has 0 aromatic heterocycles. The molecule has 3 nitrogen and oxygen atoms in total. The van der Waals surface area contributed by atoms with Crippen LogP contribution < -0.4 is 11.1 Å². The highest BCUT2D eigenvalue weighted by Gasteiger charge is 2.12. The first-order chi connectivity index (χ1) is 8.99. The van der Waals surface area contributed by atoms with E-state index >= 15 is 0 Å². The molecule has 0 heterocycles. The van der Waals surface area contributed by atoms with Gasteiger partial charge in [-0.15, -0.1) is 0 Å². The molecule has 0 spiro atoms. The Morgan fingerprint density at radius 3 is 2.79 bits per heavy atom. The minimum atomic E-state index is -0.495. The summed E-state index contributed by atoms with van der Waals surface area (Å²) in [4.78, 5) is 12.1. The van der Waals surface area contributed by atoms with Crippen molar-refractivity contribution in [3.8, 4) is 0 Å². The van der Waals surface area contributed by atoms with E-state index in [4.69, 9.17) is 5.73 Å². The molecule has 3 N–H and O–H groups in total. The van der Waals surface area contributed by atoms with E-state index in [1.54, 1.807) is 6.07 Å². The van der Waals surface area contributed by atoms with Crippen molar-refractivity contribution in [3.05, 3.63) is 57.8 Å². The molecule has 98 valence electrons. The standard InChI is InChI=1S/C14H12BrFN2O/c1-8-11(15)3-2-4-13(8)18-14(19)10-7-9(16)5-6-12(10)17/h2-7H,17H2,1H3,(H,18,19). The average Bonchev–Trinajstić information content (AvgIpc) is 2.38. The summed E-state index contributed by atoms with van der Waals surface area (Å²) < 4.78 is 14.0. The maximum atomic E-state index is 13.1. The molecule has 5 heteroatoms. The number of rotatable bonds is 2. The smallest absolute Gasteiger partial charge is 0.257 e. The summed E-state index contributed by atoms with van der Waals surface area (Å²) in [6.07, 6.45) is 0. The Hall–Kier alpha value is -1.88. The van der Waals surface area contributed by atoms with Crippen molar-refractivity contribution < 1.29 is 9.18 Å². The lowest BCUT2D eigenvalue weighted by Crippen LogP contribution is -2.15. The topological polar surface area (TPSA) is 55.1 Å². The molecule has 0 radical (unpaired) electrons. The van der Waals surface area contributed by atoms with Crippen LogP contribution in [0.5, 0.6) is 0 Å². The van der Waals surface area contributed by atoms with Gasteiger partial charge < -0.3 is 11.1 Å². The third-order valence-electron chi connectivity index (χ3n) is 2.78. The highest BCUT2D eigenvalue weighted by Crippen LogP contribution is 2.24. The summed E-state index contributed by atoms with van der Waals surface area (Å²) >= 11 is 3.38. The molecule has 0 fully saturated rings. The Kier molecular flexibility index (Phi) is 3.85. The van der Waals surface area contributed by atoms with E-state index in [1.807, 2.05) is 19.1 Å². The van der Waals surface area contributed by atoms with Gasteiger partial charge in [0.25, 0.3) is 5.91 Å². The highest BCUT2D eigenvalue weighted by atomic mass is 79.9. The average molecular weight is 323 g/mol.